The zero-order valence-electron chi connectivity index (χ0n) is 10.9. The predicted molar refractivity (Wildman–Crippen MR) is 79.0 cm³/mol. The number of aromatic hydroxyl groups is 1. The van der Waals surface area contributed by atoms with Crippen LogP contribution in [0.5, 0.6) is 5.75 Å². The molecule has 0 saturated heterocycles. The smallest absolute Gasteiger partial charge is 0.281 e. The lowest BCUT2D eigenvalue weighted by Gasteiger charge is -2.08. The Bertz CT molecular complexity index is 623. The summed E-state index contributed by atoms with van der Waals surface area (Å²) in [4.78, 5) is 11.7. The van der Waals surface area contributed by atoms with Crippen LogP contribution in [-0.4, -0.2) is 21.5 Å². The molecule has 0 heterocycles. The van der Waals surface area contributed by atoms with Crippen molar-refractivity contribution in [3.8, 4) is 5.75 Å². The summed E-state index contributed by atoms with van der Waals surface area (Å²) in [6, 6.07) is 8.41. The Morgan fingerprint density at radius 1 is 1.21 bits per heavy atom. The average Bonchev–Trinajstić information content (AvgIpc) is 2.42. The molecule has 0 unspecified atom stereocenters. The first-order chi connectivity index (χ1) is 9.10. The fraction of sp³-hybridized carbons (Fsp3) is 0.286. The minimum Gasteiger partial charge on any atom is -0.507 e. The Hall–Kier alpha value is -1.75. The summed E-state index contributed by atoms with van der Waals surface area (Å²) >= 11 is 0. The van der Waals surface area contributed by atoms with Gasteiger partial charge in [-0.15, -0.1) is 0 Å². The van der Waals surface area contributed by atoms with Crippen LogP contribution >= 0.6 is 0 Å². The van der Waals surface area contributed by atoms with Gasteiger partial charge in [-0.25, -0.2) is 0 Å². The van der Waals surface area contributed by atoms with Gasteiger partial charge in [0.05, 0.1) is 4.92 Å². The van der Waals surface area contributed by atoms with Crippen molar-refractivity contribution >= 4 is 27.4 Å². The van der Waals surface area contributed by atoms with E-state index in [-0.39, 0.29) is 22.3 Å². The Morgan fingerprint density at radius 3 is 2.47 bits per heavy atom. The monoisotopic (exact) mass is 278 g/mol. The van der Waals surface area contributed by atoms with Crippen molar-refractivity contribution < 1.29 is 10.0 Å². The first-order valence-corrected chi connectivity index (χ1v) is 7.73. The fourth-order valence-corrected chi connectivity index (χ4v) is 4.03. The van der Waals surface area contributed by atoms with Gasteiger partial charge in [-0.3, -0.25) is 10.1 Å². The molecule has 2 rings (SSSR count). The van der Waals surface area contributed by atoms with Crippen molar-refractivity contribution in [3.63, 3.8) is 0 Å². The summed E-state index contributed by atoms with van der Waals surface area (Å²) in [5, 5.41) is 22.2. The Labute approximate surface area is 114 Å². The Morgan fingerprint density at radius 2 is 1.89 bits per heavy atom. The molecule has 0 spiro atoms. The highest BCUT2D eigenvalue weighted by Gasteiger charge is 2.25. The Balaban J connectivity index is 2.80. The first-order valence-electron chi connectivity index (χ1n) is 6.16. The molecule has 19 heavy (non-hydrogen) atoms. The van der Waals surface area contributed by atoms with Crippen LogP contribution in [0.1, 0.15) is 13.8 Å². The molecule has 0 aliphatic rings. The molecule has 5 heteroatoms. The molecule has 0 amide bonds. The SMILES string of the molecule is CC[S+](CC)c1ccc(O)c2c([N+](=O)[O-])cccc12. The number of nitrogens with zero attached hydrogens (tertiary/aromatic N) is 1. The van der Waals surface area contributed by atoms with E-state index < -0.39 is 4.92 Å². The maximum absolute atomic E-state index is 11.1. The van der Waals surface area contributed by atoms with Crippen molar-refractivity contribution in [1.82, 2.24) is 0 Å². The number of fused-ring (bicyclic) bond motifs is 1. The second-order valence-corrected chi connectivity index (χ2v) is 6.69. The minimum absolute atomic E-state index is 0.0261. The van der Waals surface area contributed by atoms with E-state index in [1.54, 1.807) is 12.1 Å². The van der Waals surface area contributed by atoms with E-state index in [4.69, 9.17) is 0 Å². The molecule has 0 bridgehead atoms. The molecular formula is C14H16NO3S+. The van der Waals surface area contributed by atoms with Gasteiger partial charge in [0.1, 0.15) is 22.6 Å². The highest BCUT2D eigenvalue weighted by molar-refractivity contribution is 7.97. The van der Waals surface area contributed by atoms with Gasteiger partial charge in [0.15, 0.2) is 4.90 Å². The highest BCUT2D eigenvalue weighted by Crippen LogP contribution is 2.37. The summed E-state index contributed by atoms with van der Waals surface area (Å²) in [6.45, 7) is 4.23. The van der Waals surface area contributed by atoms with Crippen molar-refractivity contribution in [2.75, 3.05) is 11.5 Å². The van der Waals surface area contributed by atoms with E-state index in [2.05, 4.69) is 13.8 Å². The second kappa shape index (κ2) is 5.48. The molecular weight excluding hydrogens is 262 g/mol. The van der Waals surface area contributed by atoms with E-state index >= 15 is 0 Å². The van der Waals surface area contributed by atoms with E-state index in [0.717, 1.165) is 21.8 Å². The minimum atomic E-state index is -0.443. The van der Waals surface area contributed by atoms with Crippen LogP contribution in [0.2, 0.25) is 0 Å². The topological polar surface area (TPSA) is 63.4 Å². The van der Waals surface area contributed by atoms with Crippen LogP contribution < -0.4 is 0 Å². The molecule has 0 aliphatic heterocycles. The van der Waals surface area contributed by atoms with Crippen molar-refractivity contribution in [2.24, 2.45) is 0 Å². The van der Waals surface area contributed by atoms with E-state index in [1.165, 1.54) is 6.07 Å². The van der Waals surface area contributed by atoms with E-state index in [0.29, 0.717) is 5.39 Å². The number of benzene rings is 2. The number of non-ortho nitro benzene ring substituents is 1. The summed E-state index contributed by atoms with van der Waals surface area (Å²) in [5.41, 5.74) is -0.0346. The Kier molecular flexibility index (Phi) is 3.95. The lowest BCUT2D eigenvalue weighted by Crippen LogP contribution is -2.09. The van der Waals surface area contributed by atoms with Gasteiger partial charge >= 0.3 is 0 Å². The van der Waals surface area contributed by atoms with Gasteiger partial charge in [0.25, 0.3) is 5.69 Å². The van der Waals surface area contributed by atoms with Gasteiger partial charge in [-0.05, 0) is 32.0 Å². The number of phenols is 1. The van der Waals surface area contributed by atoms with Crippen LogP contribution in [0, 0.1) is 10.1 Å². The largest absolute Gasteiger partial charge is 0.507 e. The third kappa shape index (κ3) is 2.38. The predicted octanol–water partition coefficient (Wildman–Crippen LogP) is 3.47. The van der Waals surface area contributed by atoms with Gasteiger partial charge in [0.2, 0.25) is 0 Å². The maximum Gasteiger partial charge on any atom is 0.281 e. The molecule has 100 valence electrons. The lowest BCUT2D eigenvalue weighted by atomic mass is 10.1. The molecule has 2 aromatic carbocycles. The molecule has 0 aliphatic carbocycles. The molecule has 0 saturated carbocycles. The van der Waals surface area contributed by atoms with Crippen LogP contribution in [0.15, 0.2) is 35.2 Å². The van der Waals surface area contributed by atoms with Crippen LogP contribution in [0.25, 0.3) is 10.8 Å². The van der Waals surface area contributed by atoms with E-state index in [1.807, 2.05) is 12.1 Å². The zero-order valence-corrected chi connectivity index (χ0v) is 11.7. The molecule has 0 radical (unpaired) electrons. The number of hydrogen-bond acceptors (Lipinski definition) is 3. The highest BCUT2D eigenvalue weighted by atomic mass is 32.2. The summed E-state index contributed by atoms with van der Waals surface area (Å²) in [5.74, 6) is 1.97. The molecule has 0 atom stereocenters. The standard InChI is InChI=1S/C14H15NO3S/c1-3-19(4-2)13-9-8-12(16)14-10(13)6-5-7-11(14)15(17)18/h5-9H,3-4H2,1-2H3/p+1. The average molecular weight is 278 g/mol. The fourth-order valence-electron chi connectivity index (χ4n) is 2.26. The van der Waals surface area contributed by atoms with Gasteiger partial charge in [-0.2, -0.15) is 0 Å². The van der Waals surface area contributed by atoms with Crippen LogP contribution in [-0.2, 0) is 10.9 Å². The summed E-state index contributed by atoms with van der Waals surface area (Å²) in [6.07, 6.45) is 0. The van der Waals surface area contributed by atoms with Gasteiger partial charge in [0, 0.05) is 22.3 Å². The van der Waals surface area contributed by atoms with Gasteiger partial charge in [-0.1, -0.05) is 6.07 Å². The number of rotatable bonds is 4. The molecule has 1 N–H and O–H groups in total. The quantitative estimate of drug-likeness (QED) is 0.529. The second-order valence-electron chi connectivity index (χ2n) is 4.11. The van der Waals surface area contributed by atoms with Crippen molar-refractivity contribution in [3.05, 3.63) is 40.4 Å². The normalized spacial score (nSPS) is 11.1. The molecule has 0 fully saturated rings. The van der Waals surface area contributed by atoms with Crippen LogP contribution in [0.4, 0.5) is 5.69 Å². The van der Waals surface area contributed by atoms with E-state index in [9.17, 15) is 15.2 Å². The molecule has 0 aromatic heterocycles. The molecule has 4 nitrogen and oxygen atoms in total. The van der Waals surface area contributed by atoms with Crippen molar-refractivity contribution in [2.45, 2.75) is 18.7 Å². The first kappa shape index (κ1) is 13.7. The maximum atomic E-state index is 11.1. The zero-order chi connectivity index (χ0) is 14.0. The third-order valence-corrected chi connectivity index (χ3v) is 5.53. The number of hydrogen-bond donors (Lipinski definition) is 1. The summed E-state index contributed by atoms with van der Waals surface area (Å²) < 4.78 is 0. The van der Waals surface area contributed by atoms with Gasteiger partial charge < -0.3 is 5.11 Å². The third-order valence-electron chi connectivity index (χ3n) is 3.16. The molecule has 2 aromatic rings. The lowest BCUT2D eigenvalue weighted by molar-refractivity contribution is -0.383. The van der Waals surface area contributed by atoms with Crippen LogP contribution in [0.3, 0.4) is 0 Å². The van der Waals surface area contributed by atoms with Crippen molar-refractivity contribution in [1.29, 1.82) is 0 Å². The summed E-state index contributed by atoms with van der Waals surface area (Å²) in [7, 11) is 0.0602. The number of nitro groups is 1. The number of nitro benzene ring substituents is 1. The number of phenolic OH excluding ortho intramolecular Hbond substituents is 1.